The first-order valence-electron chi connectivity index (χ1n) is 11.6. The zero-order valence-electron chi connectivity index (χ0n) is 19.1. The number of fused-ring (bicyclic) bond motifs is 3. The summed E-state index contributed by atoms with van der Waals surface area (Å²) in [6.07, 6.45) is 3.77. The molecule has 168 valence electrons. The van der Waals surface area contributed by atoms with Crippen molar-refractivity contribution in [3.63, 3.8) is 0 Å². The highest BCUT2D eigenvalue weighted by atomic mass is 16.5. The lowest BCUT2D eigenvalue weighted by Gasteiger charge is -2.19. The molecule has 0 N–H and O–H groups in total. The minimum Gasteiger partial charge on any atom is -0.485 e. The fourth-order valence-corrected chi connectivity index (χ4v) is 4.64. The number of benzene rings is 3. The number of aryl methyl sites for hydroxylation is 3. The molecule has 1 aromatic heterocycles. The normalized spacial score (nSPS) is 13.0. The van der Waals surface area contributed by atoms with Crippen LogP contribution in [0.4, 0.5) is 0 Å². The summed E-state index contributed by atoms with van der Waals surface area (Å²) in [5.41, 5.74) is 6.62. The third-order valence-electron chi connectivity index (χ3n) is 6.25. The number of rotatable bonds is 6. The topological polar surface area (TPSA) is 48.7 Å². The summed E-state index contributed by atoms with van der Waals surface area (Å²) in [4.78, 5) is 12.8. The van der Waals surface area contributed by atoms with Crippen LogP contribution in [0.15, 0.2) is 69.9 Å². The molecule has 0 saturated heterocycles. The number of ether oxygens (including phenoxy) is 2. The van der Waals surface area contributed by atoms with E-state index in [0.29, 0.717) is 30.3 Å². The van der Waals surface area contributed by atoms with Gasteiger partial charge in [-0.05, 0) is 68.4 Å². The van der Waals surface area contributed by atoms with E-state index < -0.39 is 0 Å². The zero-order chi connectivity index (χ0) is 22.8. The third-order valence-corrected chi connectivity index (χ3v) is 6.25. The van der Waals surface area contributed by atoms with Gasteiger partial charge in [-0.3, -0.25) is 0 Å². The SMILES string of the molecule is Cc1cccc(COc2ccc3c4c(c(=O)oc3c2OCc2cccc(C)c2)CCCC4)c1. The molecule has 0 unspecified atom stereocenters. The monoisotopic (exact) mass is 440 g/mol. The molecule has 1 heterocycles. The van der Waals surface area contributed by atoms with Gasteiger partial charge in [0.25, 0.3) is 0 Å². The Morgan fingerprint density at radius 1 is 0.788 bits per heavy atom. The van der Waals surface area contributed by atoms with Gasteiger partial charge in [0.05, 0.1) is 0 Å². The lowest BCUT2D eigenvalue weighted by atomic mass is 9.90. The van der Waals surface area contributed by atoms with Gasteiger partial charge in [-0.25, -0.2) is 4.79 Å². The quantitative estimate of drug-likeness (QED) is 0.324. The molecule has 0 atom stereocenters. The van der Waals surface area contributed by atoms with Crippen LogP contribution in [0.3, 0.4) is 0 Å². The Balaban J connectivity index is 1.56. The van der Waals surface area contributed by atoms with Crippen molar-refractivity contribution in [2.24, 2.45) is 0 Å². The van der Waals surface area contributed by atoms with Gasteiger partial charge in [0, 0.05) is 10.9 Å². The summed E-state index contributed by atoms with van der Waals surface area (Å²) in [6, 6.07) is 20.4. The second-order valence-corrected chi connectivity index (χ2v) is 8.88. The average Bonchev–Trinajstić information content (AvgIpc) is 2.82. The predicted molar refractivity (Wildman–Crippen MR) is 130 cm³/mol. The van der Waals surface area contributed by atoms with Crippen LogP contribution in [-0.4, -0.2) is 0 Å². The summed E-state index contributed by atoms with van der Waals surface area (Å²) < 4.78 is 18.3. The number of hydrogen-bond donors (Lipinski definition) is 0. The van der Waals surface area contributed by atoms with E-state index >= 15 is 0 Å². The zero-order valence-corrected chi connectivity index (χ0v) is 19.1. The molecule has 4 heteroatoms. The standard InChI is InChI=1S/C29H28O4/c1-19-7-5-9-21(15-19)17-31-26-14-13-24-23-11-3-4-12-25(23)29(30)33-27(24)28(26)32-18-22-10-6-8-20(2)16-22/h5-10,13-16H,3-4,11-12,17-18H2,1-2H3. The Morgan fingerprint density at radius 3 is 2.09 bits per heavy atom. The van der Waals surface area contributed by atoms with Crippen molar-refractivity contribution in [2.75, 3.05) is 0 Å². The lowest BCUT2D eigenvalue weighted by molar-refractivity contribution is 0.255. The van der Waals surface area contributed by atoms with Crippen molar-refractivity contribution in [1.82, 2.24) is 0 Å². The minimum atomic E-state index is -0.256. The Hall–Kier alpha value is -3.53. The van der Waals surface area contributed by atoms with Gasteiger partial charge >= 0.3 is 5.63 Å². The van der Waals surface area contributed by atoms with Gasteiger partial charge < -0.3 is 13.9 Å². The summed E-state index contributed by atoms with van der Waals surface area (Å²) in [5.74, 6) is 1.07. The smallest absolute Gasteiger partial charge is 0.339 e. The van der Waals surface area contributed by atoms with E-state index in [9.17, 15) is 4.79 Å². The second kappa shape index (κ2) is 9.14. The molecular weight excluding hydrogens is 412 g/mol. The molecule has 0 spiro atoms. The van der Waals surface area contributed by atoms with E-state index in [0.717, 1.165) is 53.3 Å². The van der Waals surface area contributed by atoms with Crippen molar-refractivity contribution in [3.8, 4) is 11.5 Å². The van der Waals surface area contributed by atoms with Gasteiger partial charge in [-0.2, -0.15) is 0 Å². The molecule has 0 bridgehead atoms. The van der Waals surface area contributed by atoms with Crippen LogP contribution in [0, 0.1) is 13.8 Å². The summed E-state index contributed by atoms with van der Waals surface area (Å²) >= 11 is 0. The van der Waals surface area contributed by atoms with Crippen LogP contribution in [-0.2, 0) is 26.1 Å². The van der Waals surface area contributed by atoms with E-state index in [4.69, 9.17) is 13.9 Å². The highest BCUT2D eigenvalue weighted by molar-refractivity contribution is 5.89. The van der Waals surface area contributed by atoms with E-state index in [-0.39, 0.29) is 5.63 Å². The molecule has 0 fully saturated rings. The highest BCUT2D eigenvalue weighted by Crippen LogP contribution is 2.39. The van der Waals surface area contributed by atoms with Crippen LogP contribution < -0.4 is 15.1 Å². The predicted octanol–water partition coefficient (Wildman–Crippen LogP) is 6.45. The fourth-order valence-electron chi connectivity index (χ4n) is 4.64. The van der Waals surface area contributed by atoms with Crippen LogP contribution in [0.5, 0.6) is 11.5 Å². The van der Waals surface area contributed by atoms with Crippen molar-refractivity contribution >= 4 is 11.0 Å². The van der Waals surface area contributed by atoms with Gasteiger partial charge in [-0.1, -0.05) is 59.7 Å². The van der Waals surface area contributed by atoms with Gasteiger partial charge in [0.2, 0.25) is 5.75 Å². The van der Waals surface area contributed by atoms with E-state index in [2.05, 4.69) is 38.1 Å². The molecule has 4 aromatic rings. The Labute approximate surface area is 193 Å². The van der Waals surface area contributed by atoms with Gasteiger partial charge in [0.15, 0.2) is 11.3 Å². The van der Waals surface area contributed by atoms with Crippen molar-refractivity contribution < 1.29 is 13.9 Å². The fraction of sp³-hybridized carbons (Fsp3) is 0.276. The molecule has 4 nitrogen and oxygen atoms in total. The maximum atomic E-state index is 12.8. The first kappa shape index (κ1) is 21.3. The molecule has 0 aliphatic heterocycles. The van der Waals surface area contributed by atoms with Crippen molar-refractivity contribution in [3.05, 3.63) is 104 Å². The van der Waals surface area contributed by atoms with Crippen molar-refractivity contribution in [1.29, 1.82) is 0 Å². The molecule has 1 aliphatic carbocycles. The Morgan fingerprint density at radius 2 is 1.42 bits per heavy atom. The van der Waals surface area contributed by atoms with E-state index in [1.165, 1.54) is 11.1 Å². The lowest BCUT2D eigenvalue weighted by Crippen LogP contribution is -2.16. The second-order valence-electron chi connectivity index (χ2n) is 8.88. The molecule has 0 amide bonds. The van der Waals surface area contributed by atoms with E-state index in [1.54, 1.807) is 0 Å². The summed E-state index contributed by atoms with van der Waals surface area (Å²) in [6.45, 7) is 4.89. The van der Waals surface area contributed by atoms with Crippen LogP contribution in [0.1, 0.15) is 46.2 Å². The van der Waals surface area contributed by atoms with Crippen molar-refractivity contribution in [2.45, 2.75) is 52.7 Å². The first-order valence-corrected chi connectivity index (χ1v) is 11.6. The maximum Gasteiger partial charge on any atom is 0.339 e. The maximum absolute atomic E-state index is 12.8. The summed E-state index contributed by atoms with van der Waals surface area (Å²) in [5, 5.41) is 0.950. The molecular formula is C29H28O4. The third kappa shape index (κ3) is 4.51. The summed E-state index contributed by atoms with van der Waals surface area (Å²) in [7, 11) is 0. The molecule has 0 radical (unpaired) electrons. The largest absolute Gasteiger partial charge is 0.485 e. The van der Waals surface area contributed by atoms with Crippen LogP contribution in [0.2, 0.25) is 0 Å². The Bertz CT molecular complexity index is 1370. The van der Waals surface area contributed by atoms with Gasteiger partial charge in [-0.15, -0.1) is 0 Å². The molecule has 1 aliphatic rings. The molecule has 3 aromatic carbocycles. The average molecular weight is 441 g/mol. The molecule has 33 heavy (non-hydrogen) atoms. The molecule has 0 saturated carbocycles. The van der Waals surface area contributed by atoms with Gasteiger partial charge in [0.1, 0.15) is 13.2 Å². The van der Waals surface area contributed by atoms with Crippen LogP contribution in [0.25, 0.3) is 11.0 Å². The number of hydrogen-bond acceptors (Lipinski definition) is 4. The highest BCUT2D eigenvalue weighted by Gasteiger charge is 2.22. The van der Waals surface area contributed by atoms with E-state index in [1.807, 2.05) is 36.4 Å². The van der Waals surface area contributed by atoms with Crippen LogP contribution >= 0.6 is 0 Å². The Kier molecular flexibility index (Phi) is 5.91. The first-order chi connectivity index (χ1) is 16.1. The minimum absolute atomic E-state index is 0.256. The molecule has 5 rings (SSSR count).